The number of pyridine rings is 1. The molecule has 2 aromatic carbocycles. The lowest BCUT2D eigenvalue weighted by molar-refractivity contribution is 1.13. The van der Waals surface area contributed by atoms with Crippen LogP contribution in [0, 0.1) is 0 Å². The van der Waals surface area contributed by atoms with Crippen molar-refractivity contribution in [3.63, 3.8) is 0 Å². The van der Waals surface area contributed by atoms with Crippen LogP contribution in [0.5, 0.6) is 0 Å². The lowest BCUT2D eigenvalue weighted by atomic mass is 10.1. The van der Waals surface area contributed by atoms with Gasteiger partial charge in [-0.25, -0.2) is 0 Å². The molecule has 21 heavy (non-hydrogen) atoms. The van der Waals surface area contributed by atoms with Crippen LogP contribution < -0.4 is 4.90 Å². The summed E-state index contributed by atoms with van der Waals surface area (Å²) >= 11 is 0. The summed E-state index contributed by atoms with van der Waals surface area (Å²) in [6.45, 7) is 0. The van der Waals surface area contributed by atoms with Crippen LogP contribution in [-0.4, -0.2) is 25.3 Å². The van der Waals surface area contributed by atoms with Gasteiger partial charge in [0.15, 0.2) is 0 Å². The second-order valence-electron chi connectivity index (χ2n) is 5.12. The largest absolute Gasteiger partial charge is 0.378 e. The number of anilines is 1. The summed E-state index contributed by atoms with van der Waals surface area (Å²) < 4.78 is 0. The van der Waals surface area contributed by atoms with Gasteiger partial charge in [-0.15, -0.1) is 0 Å². The Labute approximate surface area is 124 Å². The van der Waals surface area contributed by atoms with E-state index >= 15 is 0 Å². The zero-order valence-corrected chi connectivity index (χ0v) is 12.2. The van der Waals surface area contributed by atoms with E-state index in [9.17, 15) is 0 Å². The van der Waals surface area contributed by atoms with Crippen molar-refractivity contribution in [3.8, 4) is 0 Å². The van der Waals surface area contributed by atoms with E-state index in [-0.39, 0.29) is 0 Å². The lowest BCUT2D eigenvalue weighted by Gasteiger charge is -2.11. The van der Waals surface area contributed by atoms with E-state index in [0.717, 1.165) is 22.0 Å². The zero-order chi connectivity index (χ0) is 14.7. The first-order valence-corrected chi connectivity index (χ1v) is 6.88. The van der Waals surface area contributed by atoms with Gasteiger partial charge in [-0.3, -0.25) is 9.98 Å². The highest BCUT2D eigenvalue weighted by Gasteiger charge is 1.98. The number of benzene rings is 2. The van der Waals surface area contributed by atoms with E-state index in [4.69, 9.17) is 0 Å². The van der Waals surface area contributed by atoms with E-state index in [1.165, 1.54) is 5.69 Å². The normalized spacial score (nSPS) is 11.1. The number of aromatic nitrogens is 1. The van der Waals surface area contributed by atoms with Crippen molar-refractivity contribution >= 4 is 28.4 Å². The molecule has 0 amide bonds. The van der Waals surface area contributed by atoms with Gasteiger partial charge < -0.3 is 4.90 Å². The first kappa shape index (κ1) is 13.3. The number of rotatable bonds is 3. The topological polar surface area (TPSA) is 28.5 Å². The molecule has 3 heteroatoms. The Bertz CT molecular complexity index is 769. The maximum Gasteiger partial charge on any atom is 0.0709 e. The molecule has 0 saturated carbocycles. The van der Waals surface area contributed by atoms with E-state index in [0.29, 0.717) is 0 Å². The fourth-order valence-electron chi connectivity index (χ4n) is 2.22. The fourth-order valence-corrected chi connectivity index (χ4v) is 2.22. The van der Waals surface area contributed by atoms with Crippen LogP contribution in [0.2, 0.25) is 0 Å². The molecular weight excluding hydrogens is 258 g/mol. The summed E-state index contributed by atoms with van der Waals surface area (Å²) in [6.07, 6.45) is 5.56. The molecule has 104 valence electrons. The summed E-state index contributed by atoms with van der Waals surface area (Å²) in [5.74, 6) is 0. The van der Waals surface area contributed by atoms with E-state index in [2.05, 4.69) is 39.1 Å². The summed E-state index contributed by atoms with van der Waals surface area (Å²) in [4.78, 5) is 10.8. The van der Waals surface area contributed by atoms with E-state index < -0.39 is 0 Å². The summed E-state index contributed by atoms with van der Waals surface area (Å²) in [5, 5.41) is 2.23. The van der Waals surface area contributed by atoms with Crippen molar-refractivity contribution in [3.05, 3.63) is 66.5 Å². The highest BCUT2D eigenvalue weighted by Crippen LogP contribution is 2.24. The molecule has 3 aromatic rings. The van der Waals surface area contributed by atoms with Crippen LogP contribution in [-0.2, 0) is 0 Å². The highest BCUT2D eigenvalue weighted by atomic mass is 15.1. The summed E-state index contributed by atoms with van der Waals surface area (Å²) in [7, 11) is 4.07. The molecule has 3 rings (SSSR count). The van der Waals surface area contributed by atoms with Crippen LogP contribution in [0.25, 0.3) is 10.8 Å². The Kier molecular flexibility index (Phi) is 3.65. The van der Waals surface area contributed by atoms with Gasteiger partial charge in [0.05, 0.1) is 5.69 Å². The monoisotopic (exact) mass is 275 g/mol. The SMILES string of the molecule is CN(C)c1ccc(C=Nc2cccc3cnccc23)cc1. The number of aliphatic imine (C=N–C) groups is 1. The Morgan fingerprint density at radius 1 is 1.00 bits per heavy atom. The van der Waals surface area contributed by atoms with Crippen molar-refractivity contribution in [2.75, 3.05) is 19.0 Å². The molecule has 0 saturated heterocycles. The maximum atomic E-state index is 4.61. The minimum atomic E-state index is 0.964. The predicted octanol–water partition coefficient (Wildman–Crippen LogP) is 4.05. The van der Waals surface area contributed by atoms with Crippen LogP contribution >= 0.6 is 0 Å². The van der Waals surface area contributed by atoms with E-state index in [1.54, 1.807) is 6.20 Å². The summed E-state index contributed by atoms with van der Waals surface area (Å²) in [5.41, 5.74) is 3.24. The first-order chi connectivity index (χ1) is 10.2. The molecule has 0 unspecified atom stereocenters. The van der Waals surface area contributed by atoms with Gasteiger partial charge in [-0.1, -0.05) is 24.3 Å². The molecule has 0 bridgehead atoms. The molecule has 0 atom stereocenters. The number of hydrogen-bond acceptors (Lipinski definition) is 3. The third-order valence-corrected chi connectivity index (χ3v) is 3.42. The molecule has 1 aromatic heterocycles. The van der Waals surface area contributed by atoms with Gasteiger partial charge in [-0.2, -0.15) is 0 Å². The molecule has 0 aliphatic heterocycles. The van der Waals surface area contributed by atoms with Gasteiger partial charge in [0.1, 0.15) is 0 Å². The van der Waals surface area contributed by atoms with Crippen LogP contribution in [0.1, 0.15) is 5.56 Å². The van der Waals surface area contributed by atoms with Crippen molar-refractivity contribution < 1.29 is 0 Å². The minimum absolute atomic E-state index is 0.964. The fraction of sp³-hybridized carbons (Fsp3) is 0.111. The Hall–Kier alpha value is -2.68. The van der Waals surface area contributed by atoms with Crippen molar-refractivity contribution in [1.29, 1.82) is 0 Å². The zero-order valence-electron chi connectivity index (χ0n) is 12.2. The van der Waals surface area contributed by atoms with Crippen LogP contribution in [0.3, 0.4) is 0 Å². The van der Waals surface area contributed by atoms with Crippen LogP contribution in [0.4, 0.5) is 11.4 Å². The first-order valence-electron chi connectivity index (χ1n) is 6.88. The predicted molar refractivity (Wildman–Crippen MR) is 89.8 cm³/mol. The number of hydrogen-bond donors (Lipinski definition) is 0. The number of fused-ring (bicyclic) bond motifs is 1. The smallest absolute Gasteiger partial charge is 0.0709 e. The molecule has 0 N–H and O–H groups in total. The average Bonchev–Trinajstić information content (AvgIpc) is 2.53. The average molecular weight is 275 g/mol. The molecule has 0 aliphatic rings. The second kappa shape index (κ2) is 5.75. The Morgan fingerprint density at radius 2 is 1.81 bits per heavy atom. The maximum absolute atomic E-state index is 4.61. The lowest BCUT2D eigenvalue weighted by Crippen LogP contribution is -2.08. The van der Waals surface area contributed by atoms with Crippen molar-refractivity contribution in [2.45, 2.75) is 0 Å². The van der Waals surface area contributed by atoms with E-state index in [1.807, 2.05) is 50.8 Å². The number of nitrogens with zero attached hydrogens (tertiary/aromatic N) is 3. The van der Waals surface area contributed by atoms with Gasteiger partial charge in [0.2, 0.25) is 0 Å². The van der Waals surface area contributed by atoms with Crippen molar-refractivity contribution in [1.82, 2.24) is 4.98 Å². The molecule has 0 radical (unpaired) electrons. The second-order valence-corrected chi connectivity index (χ2v) is 5.12. The molecule has 0 spiro atoms. The molecule has 0 aliphatic carbocycles. The molecule has 1 heterocycles. The van der Waals surface area contributed by atoms with Gasteiger partial charge in [0, 0.05) is 49.2 Å². The highest BCUT2D eigenvalue weighted by molar-refractivity contribution is 5.94. The third kappa shape index (κ3) is 2.92. The molecular formula is C18H17N3. The minimum Gasteiger partial charge on any atom is -0.378 e. The summed E-state index contributed by atoms with van der Waals surface area (Å²) in [6, 6.07) is 16.4. The standard InChI is InChI=1S/C18H17N3/c1-21(2)16-8-6-14(7-9-16)12-20-18-5-3-4-15-13-19-11-10-17(15)18/h3-13H,1-2H3. The Morgan fingerprint density at radius 3 is 2.57 bits per heavy atom. The van der Waals surface area contributed by atoms with Gasteiger partial charge in [0.25, 0.3) is 0 Å². The molecule has 0 fully saturated rings. The van der Waals surface area contributed by atoms with Crippen molar-refractivity contribution in [2.24, 2.45) is 4.99 Å². The van der Waals surface area contributed by atoms with Gasteiger partial charge >= 0.3 is 0 Å². The van der Waals surface area contributed by atoms with Gasteiger partial charge in [-0.05, 0) is 29.8 Å². The quantitative estimate of drug-likeness (QED) is 0.675. The third-order valence-electron chi connectivity index (χ3n) is 3.42. The van der Waals surface area contributed by atoms with Crippen LogP contribution in [0.15, 0.2) is 65.9 Å². The Balaban J connectivity index is 1.91. The molecule has 3 nitrogen and oxygen atoms in total.